The standard InChI is InChI=1S/C8H14O7S/c1-13-8(10)6-3-5(9)7(15-6)4-14-16(2,11)12/h5-7,9H,3-4H2,1-2H3/t5-,6-,7-/m1/s1. The van der Waals surface area contributed by atoms with E-state index in [-0.39, 0.29) is 13.0 Å². The zero-order valence-corrected chi connectivity index (χ0v) is 9.77. The average Bonchev–Trinajstić information content (AvgIpc) is 2.54. The predicted octanol–water partition coefficient (Wildman–Crippen LogP) is -1.35. The van der Waals surface area contributed by atoms with Crippen molar-refractivity contribution in [1.82, 2.24) is 0 Å². The topological polar surface area (TPSA) is 99.1 Å². The quantitative estimate of drug-likeness (QED) is 0.489. The summed E-state index contributed by atoms with van der Waals surface area (Å²) in [6, 6.07) is 0. The molecular formula is C8H14O7S. The van der Waals surface area contributed by atoms with Gasteiger partial charge in [-0.1, -0.05) is 0 Å². The molecule has 0 aromatic carbocycles. The Kier molecular flexibility index (Phi) is 4.25. The summed E-state index contributed by atoms with van der Waals surface area (Å²) < 4.78 is 35.5. The van der Waals surface area contributed by atoms with E-state index in [9.17, 15) is 18.3 Å². The van der Waals surface area contributed by atoms with Gasteiger partial charge in [-0.25, -0.2) is 4.79 Å². The molecule has 0 bridgehead atoms. The van der Waals surface area contributed by atoms with Crippen LogP contribution in [0.2, 0.25) is 0 Å². The van der Waals surface area contributed by atoms with Crippen LogP contribution in [0, 0.1) is 0 Å². The molecule has 0 spiro atoms. The molecule has 3 atom stereocenters. The van der Waals surface area contributed by atoms with Gasteiger partial charge in [0.25, 0.3) is 10.1 Å². The fraction of sp³-hybridized carbons (Fsp3) is 0.875. The zero-order chi connectivity index (χ0) is 12.3. The van der Waals surface area contributed by atoms with Crippen molar-refractivity contribution < 1.29 is 32.0 Å². The second-order valence-electron chi connectivity index (χ2n) is 3.48. The van der Waals surface area contributed by atoms with Crippen LogP contribution in [0.25, 0.3) is 0 Å². The monoisotopic (exact) mass is 254 g/mol. The molecule has 0 saturated carbocycles. The minimum Gasteiger partial charge on any atom is -0.467 e. The lowest BCUT2D eigenvalue weighted by atomic mass is 10.1. The molecule has 0 aliphatic carbocycles. The molecule has 1 heterocycles. The molecule has 1 aliphatic heterocycles. The first kappa shape index (κ1) is 13.4. The van der Waals surface area contributed by atoms with Crippen molar-refractivity contribution in [3.63, 3.8) is 0 Å². The lowest BCUT2D eigenvalue weighted by Gasteiger charge is -2.13. The summed E-state index contributed by atoms with van der Waals surface area (Å²) in [7, 11) is -2.38. The summed E-state index contributed by atoms with van der Waals surface area (Å²) >= 11 is 0. The third kappa shape index (κ3) is 3.71. The molecule has 16 heavy (non-hydrogen) atoms. The van der Waals surface area contributed by atoms with Gasteiger partial charge in [-0.15, -0.1) is 0 Å². The molecule has 1 saturated heterocycles. The van der Waals surface area contributed by atoms with Crippen LogP contribution < -0.4 is 0 Å². The Labute approximate surface area is 93.4 Å². The zero-order valence-electron chi connectivity index (χ0n) is 8.95. The van der Waals surface area contributed by atoms with E-state index in [2.05, 4.69) is 8.92 Å². The molecule has 8 heteroatoms. The van der Waals surface area contributed by atoms with Crippen molar-refractivity contribution in [1.29, 1.82) is 0 Å². The molecule has 7 nitrogen and oxygen atoms in total. The van der Waals surface area contributed by atoms with Gasteiger partial charge < -0.3 is 14.6 Å². The second-order valence-corrected chi connectivity index (χ2v) is 5.12. The number of aliphatic hydroxyl groups excluding tert-OH is 1. The fourth-order valence-corrected chi connectivity index (χ4v) is 1.73. The Morgan fingerprint density at radius 2 is 2.19 bits per heavy atom. The molecule has 0 aromatic heterocycles. The largest absolute Gasteiger partial charge is 0.467 e. The van der Waals surface area contributed by atoms with Gasteiger partial charge in [0.05, 0.1) is 26.1 Å². The predicted molar refractivity (Wildman–Crippen MR) is 52.1 cm³/mol. The van der Waals surface area contributed by atoms with E-state index in [1.54, 1.807) is 0 Å². The number of carbonyl (C=O) groups excluding carboxylic acids is 1. The van der Waals surface area contributed by atoms with Crippen molar-refractivity contribution >= 4 is 16.1 Å². The van der Waals surface area contributed by atoms with Crippen molar-refractivity contribution in [3.05, 3.63) is 0 Å². The van der Waals surface area contributed by atoms with E-state index >= 15 is 0 Å². The molecule has 1 fully saturated rings. The average molecular weight is 254 g/mol. The molecule has 1 rings (SSSR count). The summed E-state index contributed by atoms with van der Waals surface area (Å²) in [6.45, 7) is -0.312. The molecular weight excluding hydrogens is 240 g/mol. The smallest absolute Gasteiger partial charge is 0.335 e. The van der Waals surface area contributed by atoms with Crippen LogP contribution in [0.1, 0.15) is 6.42 Å². The van der Waals surface area contributed by atoms with Crippen molar-refractivity contribution in [3.8, 4) is 0 Å². The van der Waals surface area contributed by atoms with Gasteiger partial charge in [-0.05, 0) is 0 Å². The summed E-state index contributed by atoms with van der Waals surface area (Å²) in [4.78, 5) is 11.1. The Morgan fingerprint density at radius 3 is 2.69 bits per heavy atom. The highest BCUT2D eigenvalue weighted by molar-refractivity contribution is 7.85. The molecule has 0 aromatic rings. The Morgan fingerprint density at radius 1 is 1.56 bits per heavy atom. The van der Waals surface area contributed by atoms with Gasteiger partial charge in [0, 0.05) is 6.42 Å². The number of hydrogen-bond donors (Lipinski definition) is 1. The maximum atomic E-state index is 11.1. The van der Waals surface area contributed by atoms with E-state index in [4.69, 9.17) is 4.74 Å². The van der Waals surface area contributed by atoms with Gasteiger partial charge in [0.1, 0.15) is 6.10 Å². The normalized spacial score (nSPS) is 30.3. The summed E-state index contributed by atoms with van der Waals surface area (Å²) in [5.41, 5.74) is 0. The number of aliphatic hydroxyl groups is 1. The van der Waals surface area contributed by atoms with Gasteiger partial charge in [-0.3, -0.25) is 4.18 Å². The van der Waals surface area contributed by atoms with Crippen molar-refractivity contribution in [2.24, 2.45) is 0 Å². The van der Waals surface area contributed by atoms with Crippen LogP contribution >= 0.6 is 0 Å². The minimum absolute atomic E-state index is 0.0739. The van der Waals surface area contributed by atoms with Crippen molar-refractivity contribution in [2.75, 3.05) is 20.0 Å². The first-order valence-corrected chi connectivity index (χ1v) is 6.41. The maximum absolute atomic E-state index is 11.1. The molecule has 94 valence electrons. The lowest BCUT2D eigenvalue weighted by Crippen LogP contribution is -2.28. The van der Waals surface area contributed by atoms with Crippen LogP contribution in [0.5, 0.6) is 0 Å². The van der Waals surface area contributed by atoms with Gasteiger partial charge in [0.15, 0.2) is 6.10 Å². The van der Waals surface area contributed by atoms with Crippen LogP contribution in [0.3, 0.4) is 0 Å². The third-order valence-corrected chi connectivity index (χ3v) is 2.70. The molecule has 1 N–H and O–H groups in total. The Hall–Kier alpha value is -0.700. The lowest BCUT2D eigenvalue weighted by molar-refractivity contribution is -0.153. The van der Waals surface area contributed by atoms with Crippen LogP contribution in [0.4, 0.5) is 0 Å². The summed E-state index contributed by atoms with van der Waals surface area (Å²) in [6.07, 6.45) is -1.67. The number of carbonyl (C=O) groups is 1. The fourth-order valence-electron chi connectivity index (χ4n) is 1.35. The van der Waals surface area contributed by atoms with E-state index in [1.807, 2.05) is 0 Å². The van der Waals surface area contributed by atoms with Gasteiger partial charge in [0.2, 0.25) is 0 Å². The molecule has 0 radical (unpaired) electrons. The molecule has 0 amide bonds. The molecule has 0 unspecified atom stereocenters. The number of ether oxygens (including phenoxy) is 2. The first-order valence-electron chi connectivity index (χ1n) is 4.59. The SMILES string of the molecule is COC(=O)[C@H]1C[C@@H](O)[C@@H](COS(C)(=O)=O)O1. The number of rotatable bonds is 4. The summed E-state index contributed by atoms with van der Waals surface area (Å²) in [5, 5.41) is 9.49. The van der Waals surface area contributed by atoms with Crippen LogP contribution in [-0.2, 0) is 28.6 Å². The highest BCUT2D eigenvalue weighted by atomic mass is 32.2. The minimum atomic E-state index is -3.59. The second kappa shape index (κ2) is 5.09. The highest BCUT2D eigenvalue weighted by Gasteiger charge is 2.39. The van der Waals surface area contributed by atoms with Crippen LogP contribution in [-0.4, -0.2) is 57.8 Å². The van der Waals surface area contributed by atoms with E-state index in [1.165, 1.54) is 7.11 Å². The van der Waals surface area contributed by atoms with E-state index in [0.717, 1.165) is 6.26 Å². The van der Waals surface area contributed by atoms with E-state index in [0.29, 0.717) is 0 Å². The van der Waals surface area contributed by atoms with Crippen molar-refractivity contribution in [2.45, 2.75) is 24.7 Å². The molecule has 1 aliphatic rings. The highest BCUT2D eigenvalue weighted by Crippen LogP contribution is 2.21. The summed E-state index contributed by atoms with van der Waals surface area (Å²) in [5.74, 6) is -0.596. The van der Waals surface area contributed by atoms with Crippen LogP contribution in [0.15, 0.2) is 0 Å². The van der Waals surface area contributed by atoms with E-state index < -0.39 is 34.4 Å². The van der Waals surface area contributed by atoms with Gasteiger partial charge in [-0.2, -0.15) is 8.42 Å². The van der Waals surface area contributed by atoms with Gasteiger partial charge >= 0.3 is 5.97 Å². The number of hydrogen-bond acceptors (Lipinski definition) is 7. The number of esters is 1. The first-order chi connectivity index (χ1) is 7.33. The Balaban J connectivity index is 2.49. The maximum Gasteiger partial charge on any atom is 0.335 e. The number of methoxy groups -OCH3 is 1. The third-order valence-electron chi connectivity index (χ3n) is 2.13. The Bertz CT molecular complexity index is 349.